The first-order valence-electron chi connectivity index (χ1n) is 9.73. The number of anilines is 1. The van der Waals surface area contributed by atoms with Gasteiger partial charge in [0, 0.05) is 24.4 Å². The van der Waals surface area contributed by atoms with Crippen LogP contribution in [0.5, 0.6) is 0 Å². The molecule has 3 rings (SSSR count). The van der Waals surface area contributed by atoms with Crippen LogP contribution < -0.4 is 10.6 Å². The number of aromatic nitrogens is 1. The first kappa shape index (κ1) is 20.3. The Labute approximate surface area is 170 Å². The summed E-state index contributed by atoms with van der Waals surface area (Å²) in [7, 11) is 0. The van der Waals surface area contributed by atoms with Crippen molar-refractivity contribution in [2.75, 3.05) is 5.32 Å². The third-order valence-corrected chi connectivity index (χ3v) is 4.27. The van der Waals surface area contributed by atoms with Crippen molar-refractivity contribution in [1.29, 1.82) is 0 Å². The van der Waals surface area contributed by atoms with Gasteiger partial charge in [-0.1, -0.05) is 42.5 Å². The summed E-state index contributed by atoms with van der Waals surface area (Å²) in [5.74, 6) is 0.970. The number of carbonyl (C=O) groups excluding carboxylic acids is 2. The number of carbonyl (C=O) groups is 2. The van der Waals surface area contributed by atoms with Crippen LogP contribution in [0.2, 0.25) is 0 Å². The molecule has 0 aliphatic rings. The molecule has 1 aromatic heterocycles. The monoisotopic (exact) mass is 391 g/mol. The molecule has 0 saturated heterocycles. The number of nitrogens with zero attached hydrogens (tertiary/aromatic N) is 1. The highest BCUT2D eigenvalue weighted by Crippen LogP contribution is 2.21. The quantitative estimate of drug-likeness (QED) is 0.594. The Morgan fingerprint density at radius 1 is 1.03 bits per heavy atom. The minimum absolute atomic E-state index is 0.0211. The number of rotatable bonds is 8. The lowest BCUT2D eigenvalue weighted by Crippen LogP contribution is -2.31. The minimum atomic E-state index is -0.205. The largest absolute Gasteiger partial charge is 0.441 e. The SMILES string of the molecule is CC(C)NC(=O)c1ccccc1NC(=O)CCCc1ncc(-c2ccccc2)o1. The smallest absolute Gasteiger partial charge is 0.253 e. The first-order valence-corrected chi connectivity index (χ1v) is 9.73. The van der Waals surface area contributed by atoms with E-state index in [1.807, 2.05) is 44.2 Å². The van der Waals surface area contributed by atoms with E-state index in [0.717, 1.165) is 11.3 Å². The van der Waals surface area contributed by atoms with Crippen LogP contribution in [-0.4, -0.2) is 22.8 Å². The van der Waals surface area contributed by atoms with Crippen molar-refractivity contribution >= 4 is 17.5 Å². The minimum Gasteiger partial charge on any atom is -0.441 e. The van der Waals surface area contributed by atoms with Crippen molar-refractivity contribution in [2.24, 2.45) is 0 Å². The molecule has 0 aliphatic carbocycles. The lowest BCUT2D eigenvalue weighted by molar-refractivity contribution is -0.116. The summed E-state index contributed by atoms with van der Waals surface area (Å²) in [6.45, 7) is 3.79. The van der Waals surface area contributed by atoms with E-state index in [1.165, 1.54) is 0 Å². The average Bonchev–Trinajstić information content (AvgIpc) is 3.17. The molecule has 0 unspecified atom stereocenters. The molecule has 6 nitrogen and oxygen atoms in total. The van der Waals surface area contributed by atoms with Crippen molar-refractivity contribution in [2.45, 2.75) is 39.2 Å². The Morgan fingerprint density at radius 2 is 1.76 bits per heavy atom. The molecule has 6 heteroatoms. The molecule has 0 atom stereocenters. The van der Waals surface area contributed by atoms with E-state index in [2.05, 4.69) is 15.6 Å². The van der Waals surface area contributed by atoms with Crippen LogP contribution in [0.1, 0.15) is 42.9 Å². The molecule has 0 spiro atoms. The molecule has 0 aliphatic heterocycles. The molecule has 1 heterocycles. The van der Waals surface area contributed by atoms with Gasteiger partial charge in [0.2, 0.25) is 5.91 Å². The topological polar surface area (TPSA) is 84.2 Å². The summed E-state index contributed by atoms with van der Waals surface area (Å²) >= 11 is 0. The number of hydrogen-bond acceptors (Lipinski definition) is 4. The zero-order valence-corrected chi connectivity index (χ0v) is 16.6. The highest BCUT2D eigenvalue weighted by molar-refractivity contribution is 6.03. The van der Waals surface area contributed by atoms with Gasteiger partial charge < -0.3 is 15.1 Å². The van der Waals surface area contributed by atoms with Crippen LogP contribution in [0.25, 0.3) is 11.3 Å². The second kappa shape index (κ2) is 9.68. The molecule has 2 aromatic carbocycles. The summed E-state index contributed by atoms with van der Waals surface area (Å²) in [6, 6.07) is 16.8. The van der Waals surface area contributed by atoms with E-state index in [-0.39, 0.29) is 17.9 Å². The second-order valence-electron chi connectivity index (χ2n) is 7.06. The highest BCUT2D eigenvalue weighted by atomic mass is 16.4. The molecule has 29 heavy (non-hydrogen) atoms. The van der Waals surface area contributed by atoms with Crippen LogP contribution in [0, 0.1) is 0 Å². The lowest BCUT2D eigenvalue weighted by atomic mass is 10.1. The molecule has 3 aromatic rings. The van der Waals surface area contributed by atoms with E-state index in [4.69, 9.17) is 4.42 Å². The molecule has 0 fully saturated rings. The van der Waals surface area contributed by atoms with Crippen molar-refractivity contribution in [3.05, 3.63) is 72.2 Å². The van der Waals surface area contributed by atoms with Crippen LogP contribution in [0.3, 0.4) is 0 Å². The molecule has 150 valence electrons. The number of benzene rings is 2. The zero-order chi connectivity index (χ0) is 20.6. The summed E-state index contributed by atoms with van der Waals surface area (Å²) < 4.78 is 5.76. The third-order valence-electron chi connectivity index (χ3n) is 4.27. The second-order valence-corrected chi connectivity index (χ2v) is 7.06. The van der Waals surface area contributed by atoms with Gasteiger partial charge in [-0.3, -0.25) is 9.59 Å². The molecular formula is C23H25N3O3. The van der Waals surface area contributed by atoms with Gasteiger partial charge in [-0.2, -0.15) is 0 Å². The average molecular weight is 391 g/mol. The molecule has 0 saturated carbocycles. The van der Waals surface area contributed by atoms with E-state index in [1.54, 1.807) is 30.5 Å². The van der Waals surface area contributed by atoms with Gasteiger partial charge in [0.1, 0.15) is 0 Å². The van der Waals surface area contributed by atoms with E-state index < -0.39 is 0 Å². The van der Waals surface area contributed by atoms with Crippen LogP contribution in [-0.2, 0) is 11.2 Å². The lowest BCUT2D eigenvalue weighted by Gasteiger charge is -2.13. The van der Waals surface area contributed by atoms with Crippen LogP contribution in [0.4, 0.5) is 5.69 Å². The predicted octanol–water partition coefficient (Wildman–Crippen LogP) is 4.44. The van der Waals surface area contributed by atoms with Gasteiger partial charge >= 0.3 is 0 Å². The summed E-state index contributed by atoms with van der Waals surface area (Å²) in [5.41, 5.74) is 1.94. The maximum atomic E-state index is 12.3. The van der Waals surface area contributed by atoms with Crippen molar-refractivity contribution in [3.8, 4) is 11.3 Å². The maximum absolute atomic E-state index is 12.3. The standard InChI is InChI=1S/C23H25N3O3/c1-16(2)25-23(28)18-11-6-7-12-19(18)26-21(27)13-8-14-22-24-15-20(29-22)17-9-4-3-5-10-17/h3-7,9-12,15-16H,8,13-14H2,1-2H3,(H,25,28)(H,26,27). The fourth-order valence-corrected chi connectivity index (χ4v) is 2.90. The molecule has 0 radical (unpaired) electrons. The van der Waals surface area contributed by atoms with E-state index >= 15 is 0 Å². The summed E-state index contributed by atoms with van der Waals surface area (Å²) in [5, 5.41) is 5.67. The Morgan fingerprint density at radius 3 is 2.52 bits per heavy atom. The first-order chi connectivity index (χ1) is 14.0. The molecule has 0 bridgehead atoms. The van der Waals surface area contributed by atoms with Gasteiger partial charge in [-0.15, -0.1) is 0 Å². The normalized spacial score (nSPS) is 10.7. The summed E-state index contributed by atoms with van der Waals surface area (Å²) in [4.78, 5) is 28.9. The molecular weight excluding hydrogens is 366 g/mol. The van der Waals surface area contributed by atoms with Crippen LogP contribution >= 0.6 is 0 Å². The fraction of sp³-hybridized carbons (Fsp3) is 0.261. The number of hydrogen-bond donors (Lipinski definition) is 2. The van der Waals surface area contributed by atoms with Crippen molar-refractivity contribution in [1.82, 2.24) is 10.3 Å². The highest BCUT2D eigenvalue weighted by Gasteiger charge is 2.14. The number of oxazole rings is 1. The zero-order valence-electron chi connectivity index (χ0n) is 16.6. The predicted molar refractivity (Wildman–Crippen MR) is 113 cm³/mol. The third kappa shape index (κ3) is 5.78. The maximum Gasteiger partial charge on any atom is 0.253 e. The number of nitrogens with one attached hydrogen (secondary N) is 2. The van der Waals surface area contributed by atoms with Gasteiger partial charge in [-0.25, -0.2) is 4.98 Å². The number of para-hydroxylation sites is 1. The van der Waals surface area contributed by atoms with E-state index in [0.29, 0.717) is 36.4 Å². The van der Waals surface area contributed by atoms with Gasteiger partial charge in [0.15, 0.2) is 11.7 Å². The van der Waals surface area contributed by atoms with E-state index in [9.17, 15) is 9.59 Å². The molecule has 2 N–H and O–H groups in total. The number of amides is 2. The summed E-state index contributed by atoms with van der Waals surface area (Å²) in [6.07, 6.45) is 3.17. The Bertz CT molecular complexity index is 964. The Balaban J connectivity index is 1.52. The Kier molecular flexibility index (Phi) is 6.79. The van der Waals surface area contributed by atoms with Gasteiger partial charge in [-0.05, 0) is 32.4 Å². The van der Waals surface area contributed by atoms with Crippen molar-refractivity contribution in [3.63, 3.8) is 0 Å². The fourth-order valence-electron chi connectivity index (χ4n) is 2.90. The van der Waals surface area contributed by atoms with Crippen molar-refractivity contribution < 1.29 is 14.0 Å². The van der Waals surface area contributed by atoms with Crippen LogP contribution in [0.15, 0.2) is 65.2 Å². The Hall–Kier alpha value is -3.41. The molecule has 2 amide bonds. The number of aryl methyl sites for hydroxylation is 1. The van der Waals surface area contributed by atoms with Gasteiger partial charge in [0.05, 0.1) is 17.4 Å². The van der Waals surface area contributed by atoms with Gasteiger partial charge in [0.25, 0.3) is 5.91 Å².